The van der Waals surface area contributed by atoms with Crippen LogP contribution in [0.3, 0.4) is 0 Å². The maximum absolute atomic E-state index is 14.5. The molecule has 0 spiro atoms. The molecule has 1 aliphatic heterocycles. The molecule has 5 heteroatoms. The standard InChI is InChI=1S/C24H33O4P/c1-8-9-13-29(25)23-18(11-10-12-19(23)28-24(29)15(2)3)20-21(26-6)16(4)14-17(5)22(20)27-7/h10-12,14-15,24H,8-9,13H2,1-7H3/t24-,29?/m0/s1. The van der Waals surface area contributed by atoms with Crippen LogP contribution in [0.2, 0.25) is 0 Å². The minimum absolute atomic E-state index is 0.168. The van der Waals surface area contributed by atoms with E-state index in [4.69, 9.17) is 14.2 Å². The van der Waals surface area contributed by atoms with Gasteiger partial charge in [0.05, 0.1) is 25.1 Å². The van der Waals surface area contributed by atoms with E-state index in [2.05, 4.69) is 26.8 Å². The van der Waals surface area contributed by atoms with Crippen LogP contribution in [0.25, 0.3) is 11.1 Å². The van der Waals surface area contributed by atoms with Crippen molar-refractivity contribution in [3.8, 4) is 28.4 Å². The summed E-state index contributed by atoms with van der Waals surface area (Å²) in [5.41, 5.74) is 3.84. The fraction of sp³-hybridized carbons (Fsp3) is 0.500. The number of rotatable bonds is 7. The number of aryl methyl sites for hydroxylation is 2. The summed E-state index contributed by atoms with van der Waals surface area (Å²) in [6, 6.07) is 8.01. The molecule has 0 N–H and O–H groups in total. The van der Waals surface area contributed by atoms with Gasteiger partial charge in [0.2, 0.25) is 0 Å². The van der Waals surface area contributed by atoms with Crippen molar-refractivity contribution in [2.24, 2.45) is 5.92 Å². The predicted molar refractivity (Wildman–Crippen MR) is 121 cm³/mol. The Labute approximate surface area is 174 Å². The molecule has 0 aliphatic carbocycles. The molecule has 2 atom stereocenters. The van der Waals surface area contributed by atoms with E-state index in [0.717, 1.165) is 57.6 Å². The topological polar surface area (TPSA) is 44.8 Å². The molecule has 4 nitrogen and oxygen atoms in total. The van der Waals surface area contributed by atoms with Gasteiger partial charge < -0.3 is 18.8 Å². The van der Waals surface area contributed by atoms with Gasteiger partial charge in [-0.15, -0.1) is 0 Å². The lowest BCUT2D eigenvalue weighted by Crippen LogP contribution is -2.22. The van der Waals surface area contributed by atoms with E-state index < -0.39 is 7.14 Å². The van der Waals surface area contributed by atoms with Gasteiger partial charge in [-0.2, -0.15) is 0 Å². The van der Waals surface area contributed by atoms with Gasteiger partial charge in [-0.25, -0.2) is 0 Å². The summed E-state index contributed by atoms with van der Waals surface area (Å²) in [5.74, 6) is 2.14. The minimum atomic E-state index is -2.77. The van der Waals surface area contributed by atoms with E-state index >= 15 is 0 Å². The van der Waals surface area contributed by atoms with Crippen molar-refractivity contribution in [3.63, 3.8) is 0 Å². The quantitative estimate of drug-likeness (QED) is 0.508. The van der Waals surface area contributed by atoms with E-state index in [-0.39, 0.29) is 11.8 Å². The zero-order valence-electron chi connectivity index (χ0n) is 18.7. The zero-order valence-corrected chi connectivity index (χ0v) is 19.6. The van der Waals surface area contributed by atoms with E-state index in [1.807, 2.05) is 32.0 Å². The summed E-state index contributed by atoms with van der Waals surface area (Å²) in [6.07, 6.45) is 2.58. The third kappa shape index (κ3) is 3.57. The average molecular weight is 416 g/mol. The van der Waals surface area contributed by atoms with Gasteiger partial charge in [0, 0.05) is 11.7 Å². The molecule has 2 aromatic rings. The highest BCUT2D eigenvalue weighted by atomic mass is 31.2. The molecule has 1 aliphatic rings. The SMILES string of the molecule is CCCCP1(=O)c2c(cccc2-c2c(OC)c(C)cc(C)c2OC)O[C@@H]1C(C)C. The Morgan fingerprint density at radius 1 is 1.10 bits per heavy atom. The van der Waals surface area contributed by atoms with Crippen molar-refractivity contribution in [1.29, 1.82) is 0 Å². The fourth-order valence-electron chi connectivity index (χ4n) is 4.53. The molecule has 2 aromatic carbocycles. The largest absolute Gasteiger partial charge is 0.496 e. The van der Waals surface area contributed by atoms with Crippen molar-refractivity contribution in [1.82, 2.24) is 0 Å². The van der Waals surface area contributed by atoms with Gasteiger partial charge in [0.15, 0.2) is 13.0 Å². The van der Waals surface area contributed by atoms with Crippen LogP contribution in [0.1, 0.15) is 44.7 Å². The van der Waals surface area contributed by atoms with E-state index in [0.29, 0.717) is 6.16 Å². The number of ether oxygens (including phenoxy) is 3. The number of methoxy groups -OCH3 is 2. The van der Waals surface area contributed by atoms with Gasteiger partial charge >= 0.3 is 0 Å². The van der Waals surface area contributed by atoms with Gasteiger partial charge in [0.25, 0.3) is 0 Å². The molecule has 0 saturated heterocycles. The normalized spacial score (nSPS) is 20.5. The summed E-state index contributed by atoms with van der Waals surface area (Å²) >= 11 is 0. The van der Waals surface area contributed by atoms with Gasteiger partial charge in [-0.3, -0.25) is 0 Å². The highest BCUT2D eigenvalue weighted by molar-refractivity contribution is 7.73. The van der Waals surface area contributed by atoms with Crippen LogP contribution < -0.4 is 19.5 Å². The maximum atomic E-state index is 14.5. The van der Waals surface area contributed by atoms with E-state index in [9.17, 15) is 4.57 Å². The Morgan fingerprint density at radius 3 is 2.24 bits per heavy atom. The first kappa shape index (κ1) is 21.8. The third-order valence-electron chi connectivity index (χ3n) is 5.73. The number of fused-ring (bicyclic) bond motifs is 1. The molecule has 1 heterocycles. The summed E-state index contributed by atoms with van der Waals surface area (Å²) in [5, 5.41) is 0.855. The molecule has 0 saturated carbocycles. The zero-order chi connectivity index (χ0) is 21.3. The molecular weight excluding hydrogens is 383 g/mol. The fourth-order valence-corrected chi connectivity index (χ4v) is 8.39. The van der Waals surface area contributed by atoms with Crippen LogP contribution in [0.4, 0.5) is 0 Å². The lowest BCUT2D eigenvalue weighted by atomic mass is 9.97. The van der Waals surface area contributed by atoms with Crippen molar-refractivity contribution in [2.75, 3.05) is 20.4 Å². The predicted octanol–water partition coefficient (Wildman–Crippen LogP) is 6.15. The lowest BCUT2D eigenvalue weighted by Gasteiger charge is -2.25. The van der Waals surface area contributed by atoms with Gasteiger partial charge in [-0.05, 0) is 49.4 Å². The van der Waals surface area contributed by atoms with Gasteiger partial charge in [0.1, 0.15) is 17.2 Å². The highest BCUT2D eigenvalue weighted by Gasteiger charge is 2.47. The van der Waals surface area contributed by atoms with Gasteiger partial charge in [-0.1, -0.05) is 39.3 Å². The number of hydrogen-bond donors (Lipinski definition) is 0. The molecule has 0 radical (unpaired) electrons. The van der Waals surface area contributed by atoms with Crippen LogP contribution in [-0.4, -0.2) is 26.2 Å². The first-order valence-electron chi connectivity index (χ1n) is 10.4. The molecule has 0 fully saturated rings. The number of benzene rings is 2. The van der Waals surface area contributed by atoms with Crippen LogP contribution in [0.5, 0.6) is 17.2 Å². The molecule has 0 aromatic heterocycles. The van der Waals surface area contributed by atoms with E-state index in [1.54, 1.807) is 14.2 Å². The van der Waals surface area contributed by atoms with Crippen LogP contribution >= 0.6 is 7.14 Å². The van der Waals surface area contributed by atoms with Crippen molar-refractivity contribution >= 4 is 12.4 Å². The molecule has 29 heavy (non-hydrogen) atoms. The Balaban J connectivity index is 2.36. The van der Waals surface area contributed by atoms with Crippen LogP contribution in [0.15, 0.2) is 24.3 Å². The molecule has 3 rings (SSSR count). The Hall–Kier alpha value is -1.93. The molecule has 0 amide bonds. The third-order valence-corrected chi connectivity index (χ3v) is 9.45. The molecule has 0 bridgehead atoms. The van der Waals surface area contributed by atoms with Crippen LogP contribution in [0, 0.1) is 19.8 Å². The molecule has 1 unspecified atom stereocenters. The molecular formula is C24H33O4P. The smallest absolute Gasteiger partial charge is 0.158 e. The van der Waals surface area contributed by atoms with Crippen molar-refractivity contribution in [2.45, 2.75) is 53.3 Å². The average Bonchev–Trinajstić information content (AvgIpc) is 2.99. The van der Waals surface area contributed by atoms with E-state index in [1.165, 1.54) is 0 Å². The first-order valence-corrected chi connectivity index (χ1v) is 12.4. The maximum Gasteiger partial charge on any atom is 0.158 e. The second-order valence-corrected chi connectivity index (χ2v) is 11.2. The second kappa shape index (κ2) is 8.44. The highest BCUT2D eigenvalue weighted by Crippen LogP contribution is 2.62. The minimum Gasteiger partial charge on any atom is -0.496 e. The lowest BCUT2D eigenvalue weighted by molar-refractivity contribution is 0.235. The number of unbranched alkanes of at least 4 members (excludes halogenated alkanes) is 1. The van der Waals surface area contributed by atoms with Crippen LogP contribution in [-0.2, 0) is 4.57 Å². The Bertz CT molecular complexity index is 920. The monoisotopic (exact) mass is 416 g/mol. The Morgan fingerprint density at radius 2 is 1.72 bits per heavy atom. The Kier molecular flexibility index (Phi) is 6.33. The summed E-state index contributed by atoms with van der Waals surface area (Å²) in [4.78, 5) is 0. The number of hydrogen-bond acceptors (Lipinski definition) is 4. The van der Waals surface area contributed by atoms with Crippen molar-refractivity contribution in [3.05, 3.63) is 35.4 Å². The summed E-state index contributed by atoms with van der Waals surface area (Å²) in [7, 11) is 0.579. The summed E-state index contributed by atoms with van der Waals surface area (Å²) < 4.78 is 32.4. The first-order chi connectivity index (χ1) is 13.8. The van der Waals surface area contributed by atoms with Crippen molar-refractivity contribution < 1.29 is 18.8 Å². The molecule has 158 valence electrons. The second-order valence-electron chi connectivity index (χ2n) is 8.23. The summed E-state index contributed by atoms with van der Waals surface area (Å²) in [6.45, 7) is 10.4.